The number of ether oxygens (including phenoxy) is 1. The zero-order chi connectivity index (χ0) is 25.5. The number of pyridine rings is 1. The summed E-state index contributed by atoms with van der Waals surface area (Å²) in [7, 11) is 0. The molecule has 2 aromatic heterocycles. The zero-order valence-corrected chi connectivity index (χ0v) is 20.5. The molecule has 0 aliphatic heterocycles. The van der Waals surface area contributed by atoms with Crippen molar-refractivity contribution in [3.63, 3.8) is 0 Å². The van der Waals surface area contributed by atoms with Crippen LogP contribution >= 0.6 is 0 Å². The van der Waals surface area contributed by atoms with Crippen LogP contribution in [-0.4, -0.2) is 38.1 Å². The second kappa shape index (κ2) is 11.5. The Morgan fingerprint density at radius 1 is 1.03 bits per heavy atom. The SMILES string of the molecule is CCCCc1nc2ccc(NCCC(C)=O)nc2n1Cc1ccc(-c2ccccc2OC(=O)O)cc1. The molecule has 2 aromatic carbocycles. The van der Waals surface area contributed by atoms with Gasteiger partial charge in [-0.1, -0.05) is 55.8 Å². The van der Waals surface area contributed by atoms with E-state index in [1.807, 2.05) is 48.5 Å². The van der Waals surface area contributed by atoms with Gasteiger partial charge in [-0.15, -0.1) is 0 Å². The van der Waals surface area contributed by atoms with Crippen molar-refractivity contribution in [3.8, 4) is 16.9 Å². The molecule has 4 aromatic rings. The highest BCUT2D eigenvalue weighted by atomic mass is 16.7. The molecule has 2 heterocycles. The Balaban J connectivity index is 1.62. The number of imidazole rings is 1. The number of nitrogens with one attached hydrogen (secondary N) is 1. The monoisotopic (exact) mass is 486 g/mol. The Bertz CT molecular complexity index is 1360. The number of Topliss-reactive ketones (excluding diaryl/α,β-unsaturated/α-hetero) is 1. The number of nitrogens with zero attached hydrogens (tertiary/aromatic N) is 3. The van der Waals surface area contributed by atoms with Gasteiger partial charge in [-0.25, -0.2) is 14.8 Å². The number of ketones is 1. The molecule has 0 radical (unpaired) electrons. The molecule has 4 rings (SSSR count). The summed E-state index contributed by atoms with van der Waals surface area (Å²) in [6.45, 7) is 4.88. The van der Waals surface area contributed by atoms with Gasteiger partial charge in [0, 0.05) is 24.9 Å². The number of hydrogen-bond donors (Lipinski definition) is 2. The van der Waals surface area contributed by atoms with Crippen molar-refractivity contribution in [3.05, 3.63) is 72.1 Å². The lowest BCUT2D eigenvalue weighted by molar-refractivity contribution is -0.116. The molecular formula is C28H30N4O4. The molecule has 8 heteroatoms. The Labute approximate surface area is 210 Å². The number of hydrogen-bond acceptors (Lipinski definition) is 6. The van der Waals surface area contributed by atoms with Crippen LogP contribution in [0.2, 0.25) is 0 Å². The average molecular weight is 487 g/mol. The van der Waals surface area contributed by atoms with Crippen LogP contribution in [-0.2, 0) is 17.8 Å². The van der Waals surface area contributed by atoms with Gasteiger partial charge in [-0.2, -0.15) is 0 Å². The number of carbonyl (C=O) groups excluding carboxylic acids is 1. The minimum atomic E-state index is -1.34. The van der Waals surface area contributed by atoms with Crippen molar-refractivity contribution in [2.45, 2.75) is 46.1 Å². The quantitative estimate of drug-likeness (QED) is 0.200. The zero-order valence-electron chi connectivity index (χ0n) is 20.5. The normalized spacial score (nSPS) is 10.9. The van der Waals surface area contributed by atoms with Crippen LogP contribution in [0.15, 0.2) is 60.7 Å². The fraction of sp³-hybridized carbons (Fsp3) is 0.286. The van der Waals surface area contributed by atoms with E-state index in [-0.39, 0.29) is 5.78 Å². The van der Waals surface area contributed by atoms with Gasteiger partial charge in [0.05, 0.1) is 6.54 Å². The van der Waals surface area contributed by atoms with Crippen LogP contribution in [0.25, 0.3) is 22.3 Å². The molecule has 8 nitrogen and oxygen atoms in total. The van der Waals surface area contributed by atoms with Gasteiger partial charge in [-0.05, 0) is 42.7 Å². The van der Waals surface area contributed by atoms with Gasteiger partial charge in [0.1, 0.15) is 28.7 Å². The molecule has 0 fully saturated rings. The summed E-state index contributed by atoms with van der Waals surface area (Å²) < 4.78 is 7.09. The molecular weight excluding hydrogens is 456 g/mol. The summed E-state index contributed by atoms with van der Waals surface area (Å²) in [5, 5.41) is 12.3. The molecule has 2 N–H and O–H groups in total. The van der Waals surface area contributed by atoms with Gasteiger partial charge in [0.25, 0.3) is 0 Å². The molecule has 0 aliphatic rings. The first kappa shape index (κ1) is 24.9. The van der Waals surface area contributed by atoms with Crippen molar-refractivity contribution in [1.82, 2.24) is 14.5 Å². The molecule has 0 saturated carbocycles. The van der Waals surface area contributed by atoms with Crippen molar-refractivity contribution >= 4 is 28.9 Å². The van der Waals surface area contributed by atoms with Gasteiger partial charge < -0.3 is 19.7 Å². The Morgan fingerprint density at radius 2 is 1.81 bits per heavy atom. The first-order chi connectivity index (χ1) is 17.4. The number of unbranched alkanes of at least 4 members (excludes halogenated alkanes) is 1. The third-order valence-corrected chi connectivity index (χ3v) is 5.90. The highest BCUT2D eigenvalue weighted by Gasteiger charge is 2.14. The number of aryl methyl sites for hydroxylation is 1. The van der Waals surface area contributed by atoms with Crippen molar-refractivity contribution in [2.24, 2.45) is 0 Å². The third kappa shape index (κ3) is 6.07. The summed E-state index contributed by atoms with van der Waals surface area (Å²) in [6.07, 6.45) is 2.08. The van der Waals surface area contributed by atoms with Gasteiger partial charge >= 0.3 is 6.16 Å². The standard InChI is InChI=1S/C28H30N4O4/c1-3-4-9-26-30-23-14-15-25(29-17-16-19(2)33)31-27(23)32(26)18-20-10-12-21(13-11-20)22-7-5-6-8-24(22)36-28(34)35/h5-8,10-15H,3-4,9,16-18H2,1-2H3,(H,29,31)(H,34,35). The van der Waals surface area contributed by atoms with Crippen molar-refractivity contribution in [1.29, 1.82) is 0 Å². The fourth-order valence-electron chi connectivity index (χ4n) is 4.07. The van der Waals surface area contributed by atoms with Gasteiger partial charge in [-0.3, -0.25) is 4.79 Å². The van der Waals surface area contributed by atoms with Crippen molar-refractivity contribution in [2.75, 3.05) is 11.9 Å². The number of benzene rings is 2. The highest BCUT2D eigenvalue weighted by molar-refractivity contribution is 5.77. The number of rotatable bonds is 11. The number of anilines is 1. The van der Waals surface area contributed by atoms with Crippen molar-refractivity contribution < 1.29 is 19.4 Å². The summed E-state index contributed by atoms with van der Waals surface area (Å²) in [4.78, 5) is 32.0. The Kier molecular flexibility index (Phi) is 7.95. The van der Waals surface area contributed by atoms with Crippen LogP contribution < -0.4 is 10.1 Å². The van der Waals surface area contributed by atoms with E-state index >= 15 is 0 Å². The number of para-hydroxylation sites is 1. The van der Waals surface area contributed by atoms with E-state index in [1.165, 1.54) is 0 Å². The second-order valence-corrected chi connectivity index (χ2v) is 8.70. The smallest absolute Gasteiger partial charge is 0.449 e. The Morgan fingerprint density at radius 3 is 2.53 bits per heavy atom. The predicted molar refractivity (Wildman–Crippen MR) is 140 cm³/mol. The Hall–Kier alpha value is -4.20. The molecule has 36 heavy (non-hydrogen) atoms. The molecule has 186 valence electrons. The number of carbonyl (C=O) groups is 2. The lowest BCUT2D eigenvalue weighted by Crippen LogP contribution is -2.09. The van der Waals surface area contributed by atoms with Crippen LogP contribution in [0, 0.1) is 0 Å². The van der Waals surface area contributed by atoms with Gasteiger partial charge in [0.2, 0.25) is 0 Å². The van der Waals surface area contributed by atoms with E-state index in [1.54, 1.807) is 19.1 Å². The maximum atomic E-state index is 11.3. The number of aromatic nitrogens is 3. The van der Waals surface area contributed by atoms with Crippen LogP contribution in [0.4, 0.5) is 10.6 Å². The van der Waals surface area contributed by atoms with Crippen LogP contribution in [0.3, 0.4) is 0 Å². The highest BCUT2D eigenvalue weighted by Crippen LogP contribution is 2.30. The average Bonchev–Trinajstić information content (AvgIpc) is 3.19. The van der Waals surface area contributed by atoms with Crippen LogP contribution in [0.1, 0.15) is 44.5 Å². The molecule has 0 spiro atoms. The summed E-state index contributed by atoms with van der Waals surface area (Å²) in [6, 6.07) is 18.9. The summed E-state index contributed by atoms with van der Waals surface area (Å²) >= 11 is 0. The summed E-state index contributed by atoms with van der Waals surface area (Å²) in [5.41, 5.74) is 4.30. The van der Waals surface area contributed by atoms with Crippen LogP contribution in [0.5, 0.6) is 5.75 Å². The predicted octanol–water partition coefficient (Wildman–Crippen LogP) is 5.94. The molecule has 0 unspecified atom stereocenters. The van der Waals surface area contributed by atoms with Gasteiger partial charge in [0.15, 0.2) is 5.65 Å². The second-order valence-electron chi connectivity index (χ2n) is 8.70. The lowest BCUT2D eigenvalue weighted by Gasteiger charge is -2.12. The van der Waals surface area contributed by atoms with E-state index in [4.69, 9.17) is 19.8 Å². The summed E-state index contributed by atoms with van der Waals surface area (Å²) in [5.74, 6) is 2.15. The minimum absolute atomic E-state index is 0.135. The molecule has 0 amide bonds. The minimum Gasteiger partial charge on any atom is -0.449 e. The topological polar surface area (TPSA) is 106 Å². The molecule has 0 saturated heterocycles. The lowest BCUT2D eigenvalue weighted by atomic mass is 10.0. The van der Waals surface area contributed by atoms with E-state index < -0.39 is 6.16 Å². The largest absolute Gasteiger partial charge is 0.511 e. The van der Waals surface area contributed by atoms with E-state index in [2.05, 4.69) is 16.8 Å². The maximum absolute atomic E-state index is 11.3. The molecule has 0 atom stereocenters. The van der Waals surface area contributed by atoms with E-state index in [0.717, 1.165) is 53.2 Å². The fourth-order valence-corrected chi connectivity index (χ4v) is 4.07. The molecule has 0 bridgehead atoms. The van der Waals surface area contributed by atoms with E-state index in [9.17, 15) is 9.59 Å². The maximum Gasteiger partial charge on any atom is 0.511 e. The van der Waals surface area contributed by atoms with E-state index in [0.29, 0.717) is 30.8 Å². The number of carboxylic acid groups (broad SMARTS) is 1. The number of fused-ring (bicyclic) bond motifs is 1. The third-order valence-electron chi connectivity index (χ3n) is 5.90. The first-order valence-electron chi connectivity index (χ1n) is 12.1. The first-order valence-corrected chi connectivity index (χ1v) is 12.1. The molecule has 0 aliphatic carbocycles.